The second-order valence-corrected chi connectivity index (χ2v) is 6.85. The van der Waals surface area contributed by atoms with Crippen molar-refractivity contribution in [3.63, 3.8) is 0 Å². The van der Waals surface area contributed by atoms with Crippen molar-refractivity contribution < 1.29 is 9.59 Å². The molecule has 1 atom stereocenters. The molecule has 0 saturated carbocycles. The van der Waals surface area contributed by atoms with Crippen LogP contribution in [-0.2, 0) is 4.79 Å². The predicted octanol–water partition coefficient (Wildman–Crippen LogP) is 2.32. The highest BCUT2D eigenvalue weighted by molar-refractivity contribution is 5.98. The molecule has 0 aliphatic carbocycles. The SMILES string of the molecule is CCCC[C@H]1C(=O)N(C)CCN1C(=O)c1cnc(-c2cccnc2)nc1C. The fourth-order valence-corrected chi connectivity index (χ4v) is 3.30. The summed E-state index contributed by atoms with van der Waals surface area (Å²) in [6, 6.07) is 3.29. The number of piperazine rings is 1. The smallest absolute Gasteiger partial charge is 0.258 e. The molecule has 3 rings (SSSR count). The number of nitrogens with zero attached hydrogens (tertiary/aromatic N) is 5. The van der Waals surface area contributed by atoms with Crippen molar-refractivity contribution in [2.24, 2.45) is 0 Å². The number of carbonyl (C=O) groups is 2. The van der Waals surface area contributed by atoms with Gasteiger partial charge in [-0.15, -0.1) is 0 Å². The third-order valence-corrected chi connectivity index (χ3v) is 4.94. The molecule has 1 fully saturated rings. The summed E-state index contributed by atoms with van der Waals surface area (Å²) in [6.45, 7) is 4.95. The van der Waals surface area contributed by atoms with E-state index in [0.717, 1.165) is 18.4 Å². The second-order valence-electron chi connectivity index (χ2n) is 6.85. The second kappa shape index (κ2) is 8.24. The van der Waals surface area contributed by atoms with Crippen LogP contribution in [0.4, 0.5) is 0 Å². The molecule has 0 bridgehead atoms. The number of hydrogen-bond donors (Lipinski definition) is 0. The van der Waals surface area contributed by atoms with Crippen LogP contribution in [0.1, 0.15) is 42.2 Å². The Bertz CT molecular complexity index is 824. The summed E-state index contributed by atoms with van der Waals surface area (Å²) in [5.74, 6) is 0.371. The van der Waals surface area contributed by atoms with Crippen molar-refractivity contribution in [1.82, 2.24) is 24.8 Å². The van der Waals surface area contributed by atoms with E-state index < -0.39 is 6.04 Å². The van der Waals surface area contributed by atoms with Crippen molar-refractivity contribution in [2.45, 2.75) is 39.2 Å². The van der Waals surface area contributed by atoms with Gasteiger partial charge in [0.2, 0.25) is 5.91 Å². The largest absolute Gasteiger partial charge is 0.342 e. The highest BCUT2D eigenvalue weighted by Gasteiger charge is 2.36. The molecule has 0 radical (unpaired) electrons. The van der Waals surface area contributed by atoms with E-state index in [1.807, 2.05) is 12.1 Å². The van der Waals surface area contributed by atoms with E-state index in [0.29, 0.717) is 36.6 Å². The number of hydrogen-bond acceptors (Lipinski definition) is 5. The number of unbranched alkanes of at least 4 members (excludes halogenated alkanes) is 1. The number of likely N-dealkylation sites (N-methyl/N-ethyl adjacent to an activating group) is 1. The first-order chi connectivity index (χ1) is 13.0. The van der Waals surface area contributed by atoms with Gasteiger partial charge in [0.25, 0.3) is 5.91 Å². The fraction of sp³-hybridized carbons (Fsp3) is 0.450. The molecule has 1 aliphatic rings. The Hall–Kier alpha value is -2.83. The molecule has 2 aromatic rings. The highest BCUT2D eigenvalue weighted by atomic mass is 16.2. The van der Waals surface area contributed by atoms with Gasteiger partial charge < -0.3 is 9.80 Å². The zero-order valence-electron chi connectivity index (χ0n) is 16.1. The van der Waals surface area contributed by atoms with Crippen molar-refractivity contribution in [1.29, 1.82) is 0 Å². The normalized spacial score (nSPS) is 17.3. The Balaban J connectivity index is 1.86. The molecule has 2 amide bonds. The van der Waals surface area contributed by atoms with E-state index in [2.05, 4.69) is 21.9 Å². The molecule has 0 aromatic carbocycles. The Labute approximate surface area is 159 Å². The van der Waals surface area contributed by atoms with Gasteiger partial charge in [0.05, 0.1) is 11.3 Å². The molecule has 2 aromatic heterocycles. The van der Waals surface area contributed by atoms with Gasteiger partial charge in [-0.05, 0) is 25.5 Å². The van der Waals surface area contributed by atoms with E-state index in [1.54, 1.807) is 42.4 Å². The Morgan fingerprint density at radius 3 is 2.78 bits per heavy atom. The van der Waals surface area contributed by atoms with E-state index >= 15 is 0 Å². The molecule has 1 saturated heterocycles. The first kappa shape index (κ1) is 18.9. The monoisotopic (exact) mass is 367 g/mol. The van der Waals surface area contributed by atoms with Crippen LogP contribution in [-0.4, -0.2) is 62.7 Å². The van der Waals surface area contributed by atoms with Gasteiger partial charge in [0.15, 0.2) is 5.82 Å². The topological polar surface area (TPSA) is 79.3 Å². The summed E-state index contributed by atoms with van der Waals surface area (Å²) >= 11 is 0. The van der Waals surface area contributed by atoms with Crippen LogP contribution >= 0.6 is 0 Å². The third kappa shape index (κ3) is 3.97. The van der Waals surface area contributed by atoms with Crippen LogP contribution < -0.4 is 0 Å². The van der Waals surface area contributed by atoms with E-state index in [-0.39, 0.29) is 11.8 Å². The summed E-state index contributed by atoms with van der Waals surface area (Å²) in [5, 5.41) is 0. The molecule has 0 unspecified atom stereocenters. The van der Waals surface area contributed by atoms with Gasteiger partial charge in [-0.25, -0.2) is 9.97 Å². The van der Waals surface area contributed by atoms with Crippen molar-refractivity contribution >= 4 is 11.8 Å². The minimum Gasteiger partial charge on any atom is -0.342 e. The summed E-state index contributed by atoms with van der Waals surface area (Å²) in [6.07, 6.45) is 7.51. The number of carbonyl (C=O) groups excluding carboxylic acids is 2. The number of rotatable bonds is 5. The lowest BCUT2D eigenvalue weighted by Crippen LogP contribution is -2.57. The fourth-order valence-electron chi connectivity index (χ4n) is 3.30. The van der Waals surface area contributed by atoms with Gasteiger partial charge in [0.1, 0.15) is 6.04 Å². The van der Waals surface area contributed by atoms with Crippen molar-refractivity contribution in [2.75, 3.05) is 20.1 Å². The zero-order valence-corrected chi connectivity index (χ0v) is 16.1. The molecule has 7 nitrogen and oxygen atoms in total. The van der Waals surface area contributed by atoms with Crippen LogP contribution in [0.3, 0.4) is 0 Å². The Morgan fingerprint density at radius 1 is 1.30 bits per heavy atom. The maximum absolute atomic E-state index is 13.2. The van der Waals surface area contributed by atoms with E-state index in [4.69, 9.17) is 0 Å². The number of aryl methyl sites for hydroxylation is 1. The van der Waals surface area contributed by atoms with Gasteiger partial charge in [0, 0.05) is 44.3 Å². The number of aromatic nitrogens is 3. The zero-order chi connectivity index (χ0) is 19.4. The molecular formula is C20H25N5O2. The quantitative estimate of drug-likeness (QED) is 0.810. The lowest BCUT2D eigenvalue weighted by molar-refractivity contribution is -0.138. The van der Waals surface area contributed by atoms with E-state index in [1.165, 1.54) is 0 Å². The van der Waals surface area contributed by atoms with Crippen LogP contribution in [0.15, 0.2) is 30.7 Å². The summed E-state index contributed by atoms with van der Waals surface area (Å²) in [5.41, 5.74) is 1.85. The van der Waals surface area contributed by atoms with Gasteiger partial charge in [-0.3, -0.25) is 14.6 Å². The average Bonchev–Trinajstić information content (AvgIpc) is 2.69. The van der Waals surface area contributed by atoms with Crippen LogP contribution in [0.2, 0.25) is 0 Å². The molecule has 3 heterocycles. The summed E-state index contributed by atoms with van der Waals surface area (Å²) in [4.78, 5) is 42.1. The molecule has 0 N–H and O–H groups in total. The third-order valence-electron chi connectivity index (χ3n) is 4.94. The molecule has 27 heavy (non-hydrogen) atoms. The lowest BCUT2D eigenvalue weighted by atomic mass is 10.0. The van der Waals surface area contributed by atoms with Gasteiger partial charge >= 0.3 is 0 Å². The predicted molar refractivity (Wildman–Crippen MR) is 102 cm³/mol. The highest BCUT2D eigenvalue weighted by Crippen LogP contribution is 2.21. The maximum Gasteiger partial charge on any atom is 0.258 e. The standard InChI is InChI=1S/C20H25N5O2/c1-4-5-8-17-20(27)24(3)10-11-25(17)19(26)16-13-22-18(23-14(16)2)15-7-6-9-21-12-15/h6-7,9,12-13,17H,4-5,8,10-11H2,1-3H3/t17-/m0/s1. The van der Waals surface area contributed by atoms with Crippen LogP contribution in [0.25, 0.3) is 11.4 Å². The summed E-state index contributed by atoms with van der Waals surface area (Å²) < 4.78 is 0. The minimum absolute atomic E-state index is 0.00796. The first-order valence-corrected chi connectivity index (χ1v) is 9.33. The average molecular weight is 367 g/mol. The number of amides is 2. The first-order valence-electron chi connectivity index (χ1n) is 9.33. The van der Waals surface area contributed by atoms with Crippen molar-refractivity contribution in [3.05, 3.63) is 42.0 Å². The minimum atomic E-state index is -0.409. The maximum atomic E-state index is 13.2. The lowest BCUT2D eigenvalue weighted by Gasteiger charge is -2.39. The Kier molecular flexibility index (Phi) is 5.78. The van der Waals surface area contributed by atoms with Gasteiger partial charge in [-0.2, -0.15) is 0 Å². The molecule has 1 aliphatic heterocycles. The molecular weight excluding hydrogens is 342 g/mol. The van der Waals surface area contributed by atoms with E-state index in [9.17, 15) is 9.59 Å². The molecule has 7 heteroatoms. The van der Waals surface area contributed by atoms with Gasteiger partial charge in [-0.1, -0.05) is 19.8 Å². The molecule has 142 valence electrons. The molecule has 0 spiro atoms. The van der Waals surface area contributed by atoms with Crippen LogP contribution in [0, 0.1) is 6.92 Å². The Morgan fingerprint density at radius 2 is 2.11 bits per heavy atom. The van der Waals surface area contributed by atoms with Crippen LogP contribution in [0.5, 0.6) is 0 Å². The number of pyridine rings is 1. The van der Waals surface area contributed by atoms with Crippen molar-refractivity contribution in [3.8, 4) is 11.4 Å². The summed E-state index contributed by atoms with van der Waals surface area (Å²) in [7, 11) is 1.79.